The van der Waals surface area contributed by atoms with E-state index in [2.05, 4.69) is 43.8 Å². The summed E-state index contributed by atoms with van der Waals surface area (Å²) in [5.74, 6) is 0.471. The first-order valence-corrected chi connectivity index (χ1v) is 6.66. The van der Waals surface area contributed by atoms with E-state index in [0.717, 1.165) is 18.5 Å². The first-order valence-electron chi connectivity index (χ1n) is 6.66. The van der Waals surface area contributed by atoms with Gasteiger partial charge in [0.25, 0.3) is 0 Å². The molecule has 1 unspecified atom stereocenters. The molecule has 0 amide bonds. The minimum Gasteiger partial charge on any atom is -0.366 e. The molecule has 1 atom stereocenters. The van der Waals surface area contributed by atoms with E-state index in [0.29, 0.717) is 11.6 Å². The molecule has 0 aromatic heterocycles. The van der Waals surface area contributed by atoms with Gasteiger partial charge in [-0.3, -0.25) is 0 Å². The lowest BCUT2D eigenvalue weighted by molar-refractivity contribution is 0.381. The molecule has 1 aromatic carbocycles. The van der Waals surface area contributed by atoms with Crippen molar-refractivity contribution in [2.45, 2.75) is 52.5 Å². The molecule has 0 radical (unpaired) electrons. The molecule has 0 spiro atoms. The number of fused-ring (bicyclic) bond motifs is 1. The monoisotopic (exact) mass is 246 g/mol. The van der Waals surface area contributed by atoms with Crippen LogP contribution in [0, 0.1) is 11.8 Å². The van der Waals surface area contributed by atoms with Crippen LogP contribution in [0.1, 0.15) is 51.2 Å². The number of benzene rings is 1. The van der Waals surface area contributed by atoms with Gasteiger partial charge in [0.05, 0.1) is 0 Å². The molecule has 0 saturated carbocycles. The van der Waals surface area contributed by atoms with Gasteiger partial charge in [-0.15, -0.1) is 4.91 Å². The van der Waals surface area contributed by atoms with Crippen molar-refractivity contribution < 1.29 is 0 Å². The zero-order valence-corrected chi connectivity index (χ0v) is 11.9. The van der Waals surface area contributed by atoms with Gasteiger partial charge < -0.3 is 4.90 Å². The molecule has 1 aliphatic rings. The molecule has 3 nitrogen and oxygen atoms in total. The van der Waals surface area contributed by atoms with Crippen LogP contribution in [0.3, 0.4) is 0 Å². The number of aryl methyl sites for hydroxylation is 1. The van der Waals surface area contributed by atoms with Gasteiger partial charge in [0, 0.05) is 17.8 Å². The SMILES string of the molecule is CCN1c2cc(C)c(N=O)cc2C(C)CC1(C)C. The summed E-state index contributed by atoms with van der Waals surface area (Å²) >= 11 is 0. The number of nitrogens with zero attached hydrogens (tertiary/aromatic N) is 2. The molecule has 0 aliphatic carbocycles. The maximum absolute atomic E-state index is 10.8. The normalized spacial score (nSPS) is 21.6. The fourth-order valence-electron chi connectivity index (χ4n) is 3.32. The molecule has 0 N–H and O–H groups in total. The second-order valence-electron chi connectivity index (χ2n) is 5.95. The summed E-state index contributed by atoms with van der Waals surface area (Å²) in [6.45, 7) is 11.9. The van der Waals surface area contributed by atoms with Gasteiger partial charge in [0.2, 0.25) is 0 Å². The number of nitroso groups, excluding NO2 is 1. The van der Waals surface area contributed by atoms with Crippen molar-refractivity contribution in [3.05, 3.63) is 28.2 Å². The smallest absolute Gasteiger partial charge is 0.111 e. The Bertz CT molecular complexity index is 480. The first-order chi connectivity index (χ1) is 8.40. The standard InChI is InChI=1S/C15H22N2O/c1-6-17-14-7-10(2)13(16-18)8-12(14)11(3)9-15(17,4)5/h7-8,11H,6,9H2,1-5H3. The lowest BCUT2D eigenvalue weighted by Gasteiger charge is -2.47. The van der Waals surface area contributed by atoms with Gasteiger partial charge in [-0.1, -0.05) is 6.92 Å². The van der Waals surface area contributed by atoms with Gasteiger partial charge in [-0.05, 0) is 68.5 Å². The fourth-order valence-corrected chi connectivity index (χ4v) is 3.32. The highest BCUT2D eigenvalue weighted by molar-refractivity contribution is 5.66. The lowest BCUT2D eigenvalue weighted by atomic mass is 9.79. The largest absolute Gasteiger partial charge is 0.366 e. The molecule has 3 heteroatoms. The zero-order valence-electron chi connectivity index (χ0n) is 11.9. The van der Waals surface area contributed by atoms with E-state index in [-0.39, 0.29) is 5.54 Å². The Kier molecular flexibility index (Phi) is 3.18. The molecule has 1 aromatic rings. The second kappa shape index (κ2) is 4.38. The Morgan fingerprint density at radius 1 is 1.44 bits per heavy atom. The average molecular weight is 246 g/mol. The highest BCUT2D eigenvalue weighted by atomic mass is 16.3. The topological polar surface area (TPSA) is 32.7 Å². The van der Waals surface area contributed by atoms with Crippen LogP contribution in [0.15, 0.2) is 17.3 Å². The summed E-state index contributed by atoms with van der Waals surface area (Å²) in [6.07, 6.45) is 1.11. The molecule has 0 saturated heterocycles. The summed E-state index contributed by atoms with van der Waals surface area (Å²) < 4.78 is 0. The fraction of sp³-hybridized carbons (Fsp3) is 0.600. The third-order valence-corrected chi connectivity index (χ3v) is 4.12. The molecule has 1 aliphatic heterocycles. The van der Waals surface area contributed by atoms with Gasteiger partial charge in [-0.2, -0.15) is 0 Å². The molecule has 98 valence electrons. The van der Waals surface area contributed by atoms with Crippen LogP contribution < -0.4 is 4.90 Å². The lowest BCUT2D eigenvalue weighted by Crippen LogP contribution is -2.48. The van der Waals surface area contributed by atoms with Crippen LogP contribution in [0.5, 0.6) is 0 Å². The highest BCUT2D eigenvalue weighted by Crippen LogP contribution is 2.45. The van der Waals surface area contributed by atoms with Crippen LogP contribution in [0.25, 0.3) is 0 Å². The van der Waals surface area contributed by atoms with E-state index in [1.165, 1.54) is 11.3 Å². The molecular formula is C15H22N2O. The van der Waals surface area contributed by atoms with Crippen molar-refractivity contribution in [1.82, 2.24) is 0 Å². The van der Waals surface area contributed by atoms with Crippen molar-refractivity contribution >= 4 is 11.4 Å². The number of hydrogen-bond acceptors (Lipinski definition) is 3. The molecule has 18 heavy (non-hydrogen) atoms. The highest BCUT2D eigenvalue weighted by Gasteiger charge is 2.35. The van der Waals surface area contributed by atoms with Crippen molar-refractivity contribution in [2.24, 2.45) is 5.18 Å². The average Bonchev–Trinajstić information content (AvgIpc) is 2.27. The predicted molar refractivity (Wildman–Crippen MR) is 76.8 cm³/mol. The summed E-state index contributed by atoms with van der Waals surface area (Å²) in [5, 5.41) is 3.13. The van der Waals surface area contributed by atoms with Crippen LogP contribution in [-0.2, 0) is 0 Å². The van der Waals surface area contributed by atoms with Crippen molar-refractivity contribution in [1.29, 1.82) is 0 Å². The second-order valence-corrected chi connectivity index (χ2v) is 5.95. The van der Waals surface area contributed by atoms with E-state index in [1.54, 1.807) is 0 Å². The van der Waals surface area contributed by atoms with Gasteiger partial charge in [0.1, 0.15) is 5.69 Å². The Hall–Kier alpha value is -1.38. The minimum absolute atomic E-state index is 0.170. The van der Waals surface area contributed by atoms with E-state index in [4.69, 9.17) is 0 Å². The maximum Gasteiger partial charge on any atom is 0.111 e. The molecule has 2 rings (SSSR count). The summed E-state index contributed by atoms with van der Waals surface area (Å²) in [7, 11) is 0. The Balaban J connectivity index is 2.62. The third kappa shape index (κ3) is 1.92. The van der Waals surface area contributed by atoms with E-state index < -0.39 is 0 Å². The summed E-state index contributed by atoms with van der Waals surface area (Å²) in [4.78, 5) is 13.3. The van der Waals surface area contributed by atoms with Crippen LogP contribution >= 0.6 is 0 Å². The van der Waals surface area contributed by atoms with Crippen molar-refractivity contribution in [3.63, 3.8) is 0 Å². The summed E-state index contributed by atoms with van der Waals surface area (Å²) in [5.41, 5.74) is 4.25. The van der Waals surface area contributed by atoms with E-state index in [1.807, 2.05) is 13.0 Å². The summed E-state index contributed by atoms with van der Waals surface area (Å²) in [6, 6.07) is 4.09. The number of rotatable bonds is 2. The Morgan fingerprint density at radius 2 is 2.11 bits per heavy atom. The molecular weight excluding hydrogens is 224 g/mol. The predicted octanol–water partition coefficient (Wildman–Crippen LogP) is 4.51. The number of hydrogen-bond donors (Lipinski definition) is 0. The van der Waals surface area contributed by atoms with Crippen molar-refractivity contribution in [3.8, 4) is 0 Å². The molecule has 1 heterocycles. The quantitative estimate of drug-likeness (QED) is 0.719. The van der Waals surface area contributed by atoms with Crippen LogP contribution in [0.4, 0.5) is 11.4 Å². The van der Waals surface area contributed by atoms with Crippen LogP contribution in [-0.4, -0.2) is 12.1 Å². The van der Waals surface area contributed by atoms with Gasteiger partial charge in [0.15, 0.2) is 0 Å². The van der Waals surface area contributed by atoms with Gasteiger partial charge in [-0.25, -0.2) is 0 Å². The molecule has 0 bridgehead atoms. The molecule has 0 fully saturated rings. The minimum atomic E-state index is 0.170. The van der Waals surface area contributed by atoms with Crippen molar-refractivity contribution in [2.75, 3.05) is 11.4 Å². The van der Waals surface area contributed by atoms with E-state index >= 15 is 0 Å². The maximum atomic E-state index is 10.8. The van der Waals surface area contributed by atoms with Crippen LogP contribution in [0.2, 0.25) is 0 Å². The van der Waals surface area contributed by atoms with Gasteiger partial charge >= 0.3 is 0 Å². The Labute approximate surface area is 109 Å². The van der Waals surface area contributed by atoms with E-state index in [9.17, 15) is 4.91 Å². The first kappa shape index (κ1) is 13.1. The Morgan fingerprint density at radius 3 is 2.67 bits per heavy atom. The third-order valence-electron chi connectivity index (χ3n) is 4.12. The number of anilines is 1. The zero-order chi connectivity index (χ0) is 13.5.